The highest BCUT2D eigenvalue weighted by atomic mass is 16.5. The van der Waals surface area contributed by atoms with E-state index in [4.69, 9.17) is 4.74 Å². The monoisotopic (exact) mass is 431 g/mol. The lowest BCUT2D eigenvalue weighted by molar-refractivity contribution is 0.0894. The Hall–Kier alpha value is -3.35. The molecular weight excluding hydrogens is 402 g/mol. The average molecular weight is 432 g/mol. The second kappa shape index (κ2) is 10.8. The molecule has 0 aromatic heterocycles. The summed E-state index contributed by atoms with van der Waals surface area (Å²) >= 11 is 0. The predicted molar refractivity (Wildman–Crippen MR) is 126 cm³/mol. The molecule has 166 valence electrons. The number of nitrogens with one attached hydrogen (secondary N) is 2. The topological polar surface area (TPSA) is 73.8 Å². The SMILES string of the molecule is O=C(Nc1ccccc1Oc1ccccc1)N[C@H]1CCN(Cc2ccccc2)C[C@@H]1CO. The molecule has 2 amide bonds. The fraction of sp³-hybridized carbons (Fsp3) is 0.269. The molecule has 0 spiro atoms. The molecular formula is C26H29N3O3. The van der Waals surface area contributed by atoms with Gasteiger partial charge in [0.2, 0.25) is 0 Å². The number of nitrogens with zero attached hydrogens (tertiary/aromatic N) is 1. The highest BCUT2D eigenvalue weighted by Crippen LogP contribution is 2.29. The number of carbonyl (C=O) groups excluding carboxylic acids is 1. The van der Waals surface area contributed by atoms with E-state index in [1.54, 1.807) is 0 Å². The molecule has 1 aliphatic heterocycles. The number of hydrogen-bond acceptors (Lipinski definition) is 4. The van der Waals surface area contributed by atoms with Gasteiger partial charge >= 0.3 is 6.03 Å². The van der Waals surface area contributed by atoms with Gasteiger partial charge in [-0.25, -0.2) is 4.79 Å². The Labute approximate surface area is 188 Å². The normalized spacial score (nSPS) is 18.7. The van der Waals surface area contributed by atoms with Gasteiger partial charge in [-0.1, -0.05) is 60.7 Å². The molecule has 0 aliphatic carbocycles. The lowest BCUT2D eigenvalue weighted by Gasteiger charge is -2.38. The third-order valence-electron chi connectivity index (χ3n) is 5.72. The molecule has 1 saturated heterocycles. The minimum atomic E-state index is -0.297. The van der Waals surface area contributed by atoms with Crippen molar-refractivity contribution in [1.82, 2.24) is 10.2 Å². The van der Waals surface area contributed by atoms with Gasteiger partial charge in [-0.05, 0) is 36.2 Å². The number of ether oxygens (including phenoxy) is 1. The summed E-state index contributed by atoms with van der Waals surface area (Å²) in [6, 6.07) is 26.7. The maximum Gasteiger partial charge on any atom is 0.319 e. The van der Waals surface area contributed by atoms with E-state index >= 15 is 0 Å². The van der Waals surface area contributed by atoms with E-state index in [9.17, 15) is 9.90 Å². The van der Waals surface area contributed by atoms with Crippen LogP contribution in [0.4, 0.5) is 10.5 Å². The Balaban J connectivity index is 1.34. The number of piperidine rings is 1. The van der Waals surface area contributed by atoms with Crippen molar-refractivity contribution in [1.29, 1.82) is 0 Å². The number of hydrogen-bond donors (Lipinski definition) is 3. The molecule has 3 aromatic rings. The van der Waals surface area contributed by atoms with Crippen LogP contribution in [0.5, 0.6) is 11.5 Å². The zero-order valence-electron chi connectivity index (χ0n) is 18.0. The molecule has 1 aliphatic rings. The van der Waals surface area contributed by atoms with Gasteiger partial charge < -0.3 is 20.5 Å². The molecule has 0 bridgehead atoms. The van der Waals surface area contributed by atoms with Crippen molar-refractivity contribution in [3.8, 4) is 11.5 Å². The van der Waals surface area contributed by atoms with Crippen LogP contribution >= 0.6 is 0 Å². The minimum absolute atomic E-state index is 0.0194. The van der Waals surface area contributed by atoms with Gasteiger partial charge in [0.25, 0.3) is 0 Å². The quantitative estimate of drug-likeness (QED) is 0.516. The maximum atomic E-state index is 12.7. The van der Waals surface area contributed by atoms with Crippen molar-refractivity contribution in [2.75, 3.05) is 25.0 Å². The van der Waals surface area contributed by atoms with Crippen molar-refractivity contribution in [3.63, 3.8) is 0 Å². The summed E-state index contributed by atoms with van der Waals surface area (Å²) in [6.07, 6.45) is 0.785. The number of benzene rings is 3. The van der Waals surface area contributed by atoms with E-state index < -0.39 is 0 Å². The summed E-state index contributed by atoms with van der Waals surface area (Å²) in [5.74, 6) is 1.26. The molecule has 2 atom stereocenters. The van der Waals surface area contributed by atoms with Gasteiger partial charge in [0.1, 0.15) is 5.75 Å². The van der Waals surface area contributed by atoms with E-state index in [-0.39, 0.29) is 24.6 Å². The van der Waals surface area contributed by atoms with Crippen molar-refractivity contribution in [3.05, 3.63) is 90.5 Å². The van der Waals surface area contributed by atoms with Crippen molar-refractivity contribution in [2.24, 2.45) is 5.92 Å². The van der Waals surface area contributed by atoms with Crippen LogP contribution < -0.4 is 15.4 Å². The Morgan fingerprint density at radius 2 is 1.66 bits per heavy atom. The summed E-state index contributed by atoms with van der Waals surface area (Å²) < 4.78 is 5.92. The number of urea groups is 1. The summed E-state index contributed by atoms with van der Waals surface area (Å²) in [5.41, 5.74) is 1.85. The summed E-state index contributed by atoms with van der Waals surface area (Å²) in [6.45, 7) is 2.48. The number of rotatable bonds is 7. The van der Waals surface area contributed by atoms with E-state index in [0.717, 1.165) is 26.1 Å². The van der Waals surface area contributed by atoms with Crippen LogP contribution in [0.15, 0.2) is 84.9 Å². The fourth-order valence-corrected chi connectivity index (χ4v) is 4.07. The van der Waals surface area contributed by atoms with Gasteiger partial charge in [-0.3, -0.25) is 4.90 Å². The van der Waals surface area contributed by atoms with Gasteiger partial charge in [-0.2, -0.15) is 0 Å². The molecule has 1 heterocycles. The third kappa shape index (κ3) is 5.87. The van der Waals surface area contributed by atoms with Crippen LogP contribution in [0.25, 0.3) is 0 Å². The van der Waals surface area contributed by atoms with Crippen LogP contribution in [0, 0.1) is 5.92 Å². The average Bonchev–Trinajstić information content (AvgIpc) is 2.82. The molecule has 1 fully saturated rings. The van der Waals surface area contributed by atoms with Crippen LogP contribution in [0.3, 0.4) is 0 Å². The van der Waals surface area contributed by atoms with E-state index in [0.29, 0.717) is 17.2 Å². The number of carbonyl (C=O) groups is 1. The number of para-hydroxylation sites is 3. The first-order valence-corrected chi connectivity index (χ1v) is 11.0. The molecule has 0 unspecified atom stereocenters. The molecule has 6 heteroatoms. The van der Waals surface area contributed by atoms with Crippen molar-refractivity contribution in [2.45, 2.75) is 19.0 Å². The molecule has 3 N–H and O–H groups in total. The third-order valence-corrected chi connectivity index (χ3v) is 5.72. The van der Waals surface area contributed by atoms with Crippen LogP contribution in [0.1, 0.15) is 12.0 Å². The Bertz CT molecular complexity index is 997. The Morgan fingerprint density at radius 1 is 0.969 bits per heavy atom. The number of aliphatic hydroxyl groups is 1. The second-order valence-electron chi connectivity index (χ2n) is 8.07. The lowest BCUT2D eigenvalue weighted by atomic mass is 9.92. The van der Waals surface area contributed by atoms with Gasteiger partial charge in [-0.15, -0.1) is 0 Å². The number of likely N-dealkylation sites (tertiary alicyclic amines) is 1. The minimum Gasteiger partial charge on any atom is -0.455 e. The zero-order chi connectivity index (χ0) is 22.2. The molecule has 0 saturated carbocycles. The van der Waals surface area contributed by atoms with Gasteiger partial charge in [0, 0.05) is 38.2 Å². The van der Waals surface area contributed by atoms with Crippen molar-refractivity contribution < 1.29 is 14.6 Å². The Morgan fingerprint density at radius 3 is 2.41 bits per heavy atom. The first-order chi connectivity index (χ1) is 15.7. The molecule has 6 nitrogen and oxygen atoms in total. The van der Waals surface area contributed by atoms with Gasteiger partial charge in [0.15, 0.2) is 5.75 Å². The second-order valence-corrected chi connectivity index (χ2v) is 8.07. The fourth-order valence-electron chi connectivity index (χ4n) is 4.07. The van der Waals surface area contributed by atoms with Crippen molar-refractivity contribution >= 4 is 11.7 Å². The zero-order valence-corrected chi connectivity index (χ0v) is 18.0. The van der Waals surface area contributed by atoms with E-state index in [2.05, 4.69) is 27.7 Å². The highest BCUT2D eigenvalue weighted by molar-refractivity contribution is 5.91. The molecule has 32 heavy (non-hydrogen) atoms. The highest BCUT2D eigenvalue weighted by Gasteiger charge is 2.30. The summed E-state index contributed by atoms with van der Waals surface area (Å²) in [5, 5.41) is 15.9. The maximum absolute atomic E-state index is 12.7. The van der Waals surface area contributed by atoms with Gasteiger partial charge in [0.05, 0.1) is 5.69 Å². The first kappa shape index (κ1) is 21.9. The molecule has 0 radical (unpaired) electrons. The lowest BCUT2D eigenvalue weighted by Crippen LogP contribution is -2.52. The van der Waals surface area contributed by atoms with E-state index in [1.807, 2.05) is 72.8 Å². The smallest absolute Gasteiger partial charge is 0.319 e. The predicted octanol–water partition coefficient (Wildman–Crippen LogP) is 4.48. The Kier molecular flexibility index (Phi) is 7.38. The number of amides is 2. The molecule has 4 rings (SSSR count). The number of aliphatic hydroxyl groups excluding tert-OH is 1. The summed E-state index contributed by atoms with van der Waals surface area (Å²) in [7, 11) is 0. The van der Waals surface area contributed by atoms with Crippen LogP contribution in [-0.2, 0) is 6.54 Å². The largest absolute Gasteiger partial charge is 0.455 e. The number of anilines is 1. The van der Waals surface area contributed by atoms with E-state index in [1.165, 1.54) is 5.56 Å². The molecule has 3 aromatic carbocycles. The van der Waals surface area contributed by atoms with Crippen LogP contribution in [0.2, 0.25) is 0 Å². The standard InChI is InChI=1S/C26H29N3O3/c30-19-21-18-29(17-20-9-3-1-4-10-20)16-15-23(21)27-26(31)28-24-13-7-8-14-25(24)32-22-11-5-2-6-12-22/h1-14,21,23,30H,15-19H2,(H2,27,28,31)/t21-,23+/m1/s1. The summed E-state index contributed by atoms with van der Waals surface area (Å²) in [4.78, 5) is 15.1. The van der Waals surface area contributed by atoms with Crippen LogP contribution in [-0.4, -0.2) is 41.8 Å². The first-order valence-electron chi connectivity index (χ1n) is 11.0.